The number of amides is 1. The van der Waals surface area contributed by atoms with E-state index in [0.29, 0.717) is 12.3 Å². The van der Waals surface area contributed by atoms with Gasteiger partial charge in [0.15, 0.2) is 5.78 Å². The summed E-state index contributed by atoms with van der Waals surface area (Å²) in [5.74, 6) is 0.468. The summed E-state index contributed by atoms with van der Waals surface area (Å²) in [4.78, 5) is 24.8. The van der Waals surface area contributed by atoms with E-state index >= 15 is 0 Å². The van der Waals surface area contributed by atoms with Crippen molar-refractivity contribution < 1.29 is 9.59 Å². The van der Waals surface area contributed by atoms with Crippen molar-refractivity contribution in [2.75, 3.05) is 20.6 Å². The van der Waals surface area contributed by atoms with Crippen LogP contribution in [-0.2, 0) is 9.59 Å². The molecule has 0 aliphatic heterocycles. The first-order valence-corrected chi connectivity index (χ1v) is 5.84. The Morgan fingerprint density at radius 2 is 1.81 bits per heavy atom. The molecule has 0 fully saturated rings. The number of nitrogens with one attached hydrogen (secondary N) is 1. The molecular weight excluding hydrogens is 204 g/mol. The molecule has 0 radical (unpaired) electrons. The zero-order valence-electron chi connectivity index (χ0n) is 11.0. The Morgan fingerprint density at radius 3 is 2.19 bits per heavy atom. The van der Waals surface area contributed by atoms with E-state index in [2.05, 4.69) is 19.2 Å². The van der Waals surface area contributed by atoms with Crippen LogP contribution in [0.15, 0.2) is 0 Å². The fourth-order valence-electron chi connectivity index (χ4n) is 1.43. The maximum absolute atomic E-state index is 11.8. The van der Waals surface area contributed by atoms with Crippen molar-refractivity contribution >= 4 is 11.7 Å². The maximum atomic E-state index is 11.8. The lowest BCUT2D eigenvalue weighted by Crippen LogP contribution is -2.45. The number of hydrogen-bond acceptors (Lipinski definition) is 3. The molecule has 1 amide bonds. The van der Waals surface area contributed by atoms with Gasteiger partial charge in [0.05, 0.1) is 12.6 Å². The summed E-state index contributed by atoms with van der Waals surface area (Å²) >= 11 is 0. The molecule has 94 valence electrons. The highest BCUT2D eigenvalue weighted by molar-refractivity contribution is 5.88. The third-order valence-corrected chi connectivity index (χ3v) is 2.47. The number of hydrogen-bond donors (Lipinski definition) is 1. The van der Waals surface area contributed by atoms with Crippen LogP contribution in [0.25, 0.3) is 0 Å². The van der Waals surface area contributed by atoms with Crippen LogP contribution in [0.4, 0.5) is 0 Å². The molecule has 0 aliphatic rings. The molecule has 1 unspecified atom stereocenters. The molecule has 0 saturated carbocycles. The normalized spacial score (nSPS) is 12.9. The van der Waals surface area contributed by atoms with Gasteiger partial charge in [0.25, 0.3) is 0 Å². The zero-order valence-corrected chi connectivity index (χ0v) is 11.0. The first-order valence-electron chi connectivity index (χ1n) is 5.84. The highest BCUT2D eigenvalue weighted by Gasteiger charge is 2.21. The van der Waals surface area contributed by atoms with Crippen molar-refractivity contribution in [1.29, 1.82) is 0 Å². The Hall–Kier alpha value is -0.900. The number of likely N-dealkylation sites (N-methyl/N-ethyl adjacent to an activating group) is 1. The molecule has 0 spiro atoms. The monoisotopic (exact) mass is 228 g/mol. The molecular formula is C12H24N2O2. The van der Waals surface area contributed by atoms with E-state index in [0.717, 1.165) is 6.42 Å². The van der Waals surface area contributed by atoms with E-state index in [9.17, 15) is 9.59 Å². The summed E-state index contributed by atoms with van der Waals surface area (Å²) < 4.78 is 0. The van der Waals surface area contributed by atoms with Gasteiger partial charge in [0, 0.05) is 6.42 Å². The minimum atomic E-state index is -0.148. The van der Waals surface area contributed by atoms with Crippen molar-refractivity contribution in [2.24, 2.45) is 5.92 Å². The SMILES string of the molecule is CCC(=O)CNC(=O)C(CC(C)C)N(C)C. The predicted octanol–water partition coefficient (Wildman–Crippen LogP) is 1.06. The van der Waals surface area contributed by atoms with Crippen LogP contribution >= 0.6 is 0 Å². The Morgan fingerprint density at radius 1 is 1.25 bits per heavy atom. The quantitative estimate of drug-likeness (QED) is 0.709. The number of rotatable bonds is 7. The Kier molecular flexibility index (Phi) is 6.97. The number of carbonyl (C=O) groups is 2. The van der Waals surface area contributed by atoms with Crippen LogP contribution in [0, 0.1) is 5.92 Å². The number of ketones is 1. The number of nitrogens with zero attached hydrogens (tertiary/aromatic N) is 1. The standard InChI is InChI=1S/C12H24N2O2/c1-6-10(15)8-13-12(16)11(14(4)5)7-9(2)3/h9,11H,6-8H2,1-5H3,(H,13,16). The van der Waals surface area contributed by atoms with Gasteiger partial charge in [-0.1, -0.05) is 20.8 Å². The van der Waals surface area contributed by atoms with Gasteiger partial charge in [-0.3, -0.25) is 14.5 Å². The van der Waals surface area contributed by atoms with E-state index in [4.69, 9.17) is 0 Å². The second-order valence-corrected chi connectivity index (χ2v) is 4.72. The van der Waals surface area contributed by atoms with Crippen LogP contribution in [0.3, 0.4) is 0 Å². The average molecular weight is 228 g/mol. The van der Waals surface area contributed by atoms with E-state index < -0.39 is 0 Å². The number of carbonyl (C=O) groups excluding carboxylic acids is 2. The minimum Gasteiger partial charge on any atom is -0.348 e. The highest BCUT2D eigenvalue weighted by Crippen LogP contribution is 2.08. The van der Waals surface area contributed by atoms with Crippen LogP contribution in [0.1, 0.15) is 33.6 Å². The van der Waals surface area contributed by atoms with Crippen molar-refractivity contribution in [2.45, 2.75) is 39.7 Å². The van der Waals surface area contributed by atoms with Crippen LogP contribution in [0.5, 0.6) is 0 Å². The Balaban J connectivity index is 4.22. The lowest BCUT2D eigenvalue weighted by Gasteiger charge is -2.24. The number of Topliss-reactive ketones (excluding diaryl/α,β-unsaturated/α-hetero) is 1. The molecule has 1 N–H and O–H groups in total. The second kappa shape index (κ2) is 7.39. The molecule has 0 bridgehead atoms. The molecule has 1 atom stereocenters. The third-order valence-electron chi connectivity index (χ3n) is 2.47. The first-order chi connectivity index (χ1) is 7.38. The van der Waals surface area contributed by atoms with Gasteiger partial charge in [-0.05, 0) is 26.4 Å². The van der Waals surface area contributed by atoms with Gasteiger partial charge in [-0.2, -0.15) is 0 Å². The largest absolute Gasteiger partial charge is 0.348 e. The van der Waals surface area contributed by atoms with Crippen molar-refractivity contribution in [1.82, 2.24) is 10.2 Å². The van der Waals surface area contributed by atoms with Crippen LogP contribution in [0.2, 0.25) is 0 Å². The smallest absolute Gasteiger partial charge is 0.237 e. The van der Waals surface area contributed by atoms with Gasteiger partial charge in [-0.15, -0.1) is 0 Å². The minimum absolute atomic E-state index is 0.0551. The van der Waals surface area contributed by atoms with Gasteiger partial charge in [0.2, 0.25) is 5.91 Å². The molecule has 0 aromatic rings. The summed E-state index contributed by atoms with van der Waals surface area (Å²) in [5.41, 5.74) is 0. The summed E-state index contributed by atoms with van der Waals surface area (Å²) in [7, 11) is 3.77. The van der Waals surface area contributed by atoms with Gasteiger partial charge in [0.1, 0.15) is 0 Å². The molecule has 0 aliphatic carbocycles. The molecule has 0 heterocycles. The third kappa shape index (κ3) is 5.85. The lowest BCUT2D eigenvalue weighted by atomic mass is 10.0. The van der Waals surface area contributed by atoms with Crippen LogP contribution in [-0.4, -0.2) is 43.3 Å². The summed E-state index contributed by atoms with van der Waals surface area (Å²) in [6.07, 6.45) is 1.27. The molecule has 4 heteroatoms. The highest BCUT2D eigenvalue weighted by atomic mass is 16.2. The van der Waals surface area contributed by atoms with E-state index in [-0.39, 0.29) is 24.3 Å². The van der Waals surface area contributed by atoms with Gasteiger partial charge >= 0.3 is 0 Å². The average Bonchev–Trinajstić information content (AvgIpc) is 2.21. The van der Waals surface area contributed by atoms with Gasteiger partial charge < -0.3 is 5.32 Å². The fraction of sp³-hybridized carbons (Fsp3) is 0.833. The lowest BCUT2D eigenvalue weighted by molar-refractivity contribution is -0.128. The van der Waals surface area contributed by atoms with E-state index in [1.165, 1.54) is 0 Å². The first kappa shape index (κ1) is 15.1. The summed E-state index contributed by atoms with van der Waals surface area (Å²) in [5, 5.41) is 2.69. The molecule has 0 aromatic heterocycles. The van der Waals surface area contributed by atoms with Crippen molar-refractivity contribution in [3.8, 4) is 0 Å². The molecule has 16 heavy (non-hydrogen) atoms. The van der Waals surface area contributed by atoms with E-state index in [1.807, 2.05) is 19.0 Å². The Bertz CT molecular complexity index is 237. The molecule has 4 nitrogen and oxygen atoms in total. The van der Waals surface area contributed by atoms with E-state index in [1.54, 1.807) is 6.92 Å². The maximum Gasteiger partial charge on any atom is 0.237 e. The molecule has 0 rings (SSSR count). The second-order valence-electron chi connectivity index (χ2n) is 4.72. The van der Waals surface area contributed by atoms with Crippen LogP contribution < -0.4 is 5.32 Å². The summed E-state index contributed by atoms with van der Waals surface area (Å²) in [6, 6.07) is -0.148. The molecule has 0 saturated heterocycles. The molecule has 0 aromatic carbocycles. The summed E-state index contributed by atoms with van der Waals surface area (Å²) in [6.45, 7) is 6.12. The Labute approximate surface area is 98.4 Å². The predicted molar refractivity (Wildman–Crippen MR) is 65.2 cm³/mol. The zero-order chi connectivity index (χ0) is 12.7. The van der Waals surface area contributed by atoms with Gasteiger partial charge in [-0.25, -0.2) is 0 Å². The topological polar surface area (TPSA) is 49.4 Å². The van der Waals surface area contributed by atoms with Crippen molar-refractivity contribution in [3.05, 3.63) is 0 Å². The van der Waals surface area contributed by atoms with Crippen molar-refractivity contribution in [3.63, 3.8) is 0 Å². The fourth-order valence-corrected chi connectivity index (χ4v) is 1.43.